The highest BCUT2D eigenvalue weighted by Crippen LogP contribution is 2.27. The standard InChI is InChI=1S/C14H20O4/c1-9(2)12-7-10(4-5-13(12)18-3)6-11(15)8-14(16)17/h4-5,7,9,11,15H,6,8H2,1-3H3,(H,16,17). The molecule has 4 heteroatoms. The molecule has 2 N–H and O–H groups in total. The van der Waals surface area contributed by atoms with Crippen molar-refractivity contribution in [2.24, 2.45) is 0 Å². The molecule has 0 saturated heterocycles. The first-order valence-corrected chi connectivity index (χ1v) is 6.00. The normalized spacial score (nSPS) is 12.5. The fourth-order valence-corrected chi connectivity index (χ4v) is 1.91. The highest BCUT2D eigenvalue weighted by molar-refractivity contribution is 5.67. The lowest BCUT2D eigenvalue weighted by Gasteiger charge is -2.15. The van der Waals surface area contributed by atoms with Crippen molar-refractivity contribution in [1.82, 2.24) is 0 Å². The Bertz CT molecular complexity index is 412. The van der Waals surface area contributed by atoms with Gasteiger partial charge in [-0.1, -0.05) is 26.0 Å². The third-order valence-corrected chi connectivity index (χ3v) is 2.80. The van der Waals surface area contributed by atoms with Crippen LogP contribution in [0.4, 0.5) is 0 Å². The van der Waals surface area contributed by atoms with Crippen LogP contribution in [0, 0.1) is 0 Å². The van der Waals surface area contributed by atoms with E-state index in [1.54, 1.807) is 7.11 Å². The highest BCUT2D eigenvalue weighted by atomic mass is 16.5. The number of benzene rings is 1. The van der Waals surface area contributed by atoms with Crippen molar-refractivity contribution in [2.45, 2.75) is 38.7 Å². The van der Waals surface area contributed by atoms with Crippen molar-refractivity contribution in [3.63, 3.8) is 0 Å². The minimum Gasteiger partial charge on any atom is -0.496 e. The Morgan fingerprint density at radius 1 is 1.39 bits per heavy atom. The minimum absolute atomic E-state index is 0.233. The van der Waals surface area contributed by atoms with E-state index in [2.05, 4.69) is 13.8 Å². The van der Waals surface area contributed by atoms with Crippen molar-refractivity contribution in [1.29, 1.82) is 0 Å². The summed E-state index contributed by atoms with van der Waals surface area (Å²) in [4.78, 5) is 10.5. The number of aliphatic hydroxyl groups is 1. The molecule has 0 aliphatic heterocycles. The van der Waals surface area contributed by atoms with Gasteiger partial charge in [0.05, 0.1) is 19.6 Å². The Morgan fingerprint density at radius 2 is 2.06 bits per heavy atom. The molecule has 0 heterocycles. The Labute approximate surface area is 107 Å². The first kappa shape index (κ1) is 14.5. The van der Waals surface area contributed by atoms with Crippen molar-refractivity contribution in [2.75, 3.05) is 7.11 Å². The van der Waals surface area contributed by atoms with Crippen molar-refractivity contribution in [3.8, 4) is 5.75 Å². The molecule has 1 atom stereocenters. The largest absolute Gasteiger partial charge is 0.496 e. The van der Waals surface area contributed by atoms with Gasteiger partial charge in [0.1, 0.15) is 5.75 Å². The van der Waals surface area contributed by atoms with Crippen LogP contribution < -0.4 is 4.74 Å². The van der Waals surface area contributed by atoms with E-state index in [1.165, 1.54) is 0 Å². The van der Waals surface area contributed by atoms with Gasteiger partial charge in [-0.15, -0.1) is 0 Å². The molecule has 1 aromatic rings. The number of aliphatic carboxylic acids is 1. The van der Waals surface area contributed by atoms with Crippen LogP contribution in [-0.4, -0.2) is 29.4 Å². The van der Waals surface area contributed by atoms with Crippen LogP contribution in [0.15, 0.2) is 18.2 Å². The molecule has 18 heavy (non-hydrogen) atoms. The zero-order valence-electron chi connectivity index (χ0n) is 11.0. The van der Waals surface area contributed by atoms with Crippen LogP contribution in [0.5, 0.6) is 5.75 Å². The second kappa shape index (κ2) is 6.40. The summed E-state index contributed by atoms with van der Waals surface area (Å²) in [5, 5.41) is 18.2. The molecule has 4 nitrogen and oxygen atoms in total. The maximum Gasteiger partial charge on any atom is 0.305 e. The van der Waals surface area contributed by atoms with Gasteiger partial charge in [0.25, 0.3) is 0 Å². The maximum absolute atomic E-state index is 10.5. The quantitative estimate of drug-likeness (QED) is 0.814. The second-order valence-corrected chi connectivity index (χ2v) is 4.69. The lowest BCUT2D eigenvalue weighted by atomic mass is 9.96. The summed E-state index contributed by atoms with van der Waals surface area (Å²) in [6.07, 6.45) is -0.741. The fraction of sp³-hybridized carbons (Fsp3) is 0.500. The summed E-state index contributed by atoms with van der Waals surface area (Å²) < 4.78 is 5.27. The predicted octanol–water partition coefficient (Wildman–Crippen LogP) is 2.20. The van der Waals surface area contributed by atoms with Crippen LogP contribution >= 0.6 is 0 Å². The molecule has 0 aromatic heterocycles. The van der Waals surface area contributed by atoms with Crippen LogP contribution in [0.1, 0.15) is 37.3 Å². The monoisotopic (exact) mass is 252 g/mol. The molecule has 1 unspecified atom stereocenters. The number of carbonyl (C=O) groups is 1. The van der Waals surface area contributed by atoms with E-state index in [4.69, 9.17) is 9.84 Å². The van der Waals surface area contributed by atoms with Gasteiger partial charge in [0.15, 0.2) is 0 Å². The van der Waals surface area contributed by atoms with E-state index < -0.39 is 12.1 Å². The predicted molar refractivity (Wildman–Crippen MR) is 69.0 cm³/mol. The van der Waals surface area contributed by atoms with E-state index in [-0.39, 0.29) is 6.42 Å². The fourth-order valence-electron chi connectivity index (χ4n) is 1.91. The third kappa shape index (κ3) is 4.04. The Kier molecular flexibility index (Phi) is 5.16. The summed E-state index contributed by atoms with van der Waals surface area (Å²) in [6, 6.07) is 5.68. The number of methoxy groups -OCH3 is 1. The lowest BCUT2D eigenvalue weighted by Crippen LogP contribution is -2.15. The first-order valence-electron chi connectivity index (χ1n) is 6.00. The first-order chi connectivity index (χ1) is 8.43. The minimum atomic E-state index is -0.986. The zero-order valence-corrected chi connectivity index (χ0v) is 11.0. The molecule has 0 fully saturated rings. The summed E-state index contributed by atoms with van der Waals surface area (Å²) >= 11 is 0. The highest BCUT2D eigenvalue weighted by Gasteiger charge is 2.13. The van der Waals surface area contributed by atoms with Crippen LogP contribution in [-0.2, 0) is 11.2 Å². The average molecular weight is 252 g/mol. The van der Waals surface area contributed by atoms with Gasteiger partial charge in [0.2, 0.25) is 0 Å². The number of aliphatic hydroxyl groups excluding tert-OH is 1. The van der Waals surface area contributed by atoms with Crippen LogP contribution in [0.3, 0.4) is 0 Å². The molecule has 1 aromatic carbocycles. The number of ether oxygens (including phenoxy) is 1. The van der Waals surface area contributed by atoms with E-state index >= 15 is 0 Å². The van der Waals surface area contributed by atoms with Crippen LogP contribution in [0.2, 0.25) is 0 Å². The van der Waals surface area contributed by atoms with Gasteiger partial charge in [0, 0.05) is 0 Å². The molecule has 0 aliphatic carbocycles. The molecule has 100 valence electrons. The number of carboxylic acid groups (broad SMARTS) is 1. The number of hydrogen-bond donors (Lipinski definition) is 2. The van der Waals surface area contributed by atoms with Gasteiger partial charge < -0.3 is 14.9 Å². The van der Waals surface area contributed by atoms with Gasteiger partial charge in [-0.05, 0) is 29.5 Å². The number of rotatable bonds is 6. The van der Waals surface area contributed by atoms with Crippen molar-refractivity contribution >= 4 is 5.97 Å². The Morgan fingerprint density at radius 3 is 2.56 bits per heavy atom. The summed E-state index contributed by atoms with van der Waals surface area (Å²) in [6.45, 7) is 4.13. The molecule has 0 saturated carbocycles. The number of hydrogen-bond acceptors (Lipinski definition) is 3. The van der Waals surface area contributed by atoms with Crippen LogP contribution in [0.25, 0.3) is 0 Å². The smallest absolute Gasteiger partial charge is 0.305 e. The second-order valence-electron chi connectivity index (χ2n) is 4.69. The van der Waals surface area contributed by atoms with Gasteiger partial charge in [-0.25, -0.2) is 0 Å². The molecule has 0 spiro atoms. The summed E-state index contributed by atoms with van der Waals surface area (Å²) in [5.74, 6) is 0.151. The van der Waals surface area contributed by atoms with Crippen molar-refractivity contribution in [3.05, 3.63) is 29.3 Å². The van der Waals surface area contributed by atoms with E-state index in [0.717, 1.165) is 16.9 Å². The summed E-state index contributed by atoms with van der Waals surface area (Å²) in [7, 11) is 1.63. The molecule has 0 amide bonds. The van der Waals surface area contributed by atoms with Crippen molar-refractivity contribution < 1.29 is 19.7 Å². The topological polar surface area (TPSA) is 66.8 Å². The molecular weight excluding hydrogens is 232 g/mol. The molecular formula is C14H20O4. The van der Waals surface area contributed by atoms with Gasteiger partial charge in [-0.2, -0.15) is 0 Å². The van der Waals surface area contributed by atoms with E-state index in [9.17, 15) is 9.90 Å². The average Bonchev–Trinajstić information content (AvgIpc) is 2.27. The Hall–Kier alpha value is -1.55. The maximum atomic E-state index is 10.5. The third-order valence-electron chi connectivity index (χ3n) is 2.80. The van der Waals surface area contributed by atoms with E-state index in [0.29, 0.717) is 12.3 Å². The lowest BCUT2D eigenvalue weighted by molar-refractivity contribution is -0.139. The molecule has 1 rings (SSSR count). The zero-order chi connectivity index (χ0) is 13.7. The van der Waals surface area contributed by atoms with Gasteiger partial charge >= 0.3 is 5.97 Å². The SMILES string of the molecule is COc1ccc(CC(O)CC(=O)O)cc1C(C)C. The molecule has 0 aliphatic rings. The number of carboxylic acids is 1. The summed E-state index contributed by atoms with van der Waals surface area (Å²) in [5.41, 5.74) is 1.99. The Balaban J connectivity index is 2.84. The van der Waals surface area contributed by atoms with E-state index in [1.807, 2.05) is 18.2 Å². The van der Waals surface area contributed by atoms with Gasteiger partial charge in [-0.3, -0.25) is 4.79 Å². The molecule has 0 radical (unpaired) electrons. The molecule has 0 bridgehead atoms.